The molecule has 0 fully saturated rings. The summed E-state index contributed by atoms with van der Waals surface area (Å²) in [4.78, 5) is 8.72. The predicted octanol–water partition coefficient (Wildman–Crippen LogP) is 2.77. The molecule has 3 rings (SSSR count). The first-order valence-corrected chi connectivity index (χ1v) is 6.93. The van der Waals surface area contributed by atoms with Crippen LogP contribution in [0.25, 0.3) is 11.0 Å². The zero-order valence-corrected chi connectivity index (χ0v) is 12.4. The molecule has 0 saturated heterocycles. The summed E-state index contributed by atoms with van der Waals surface area (Å²) >= 11 is 3.43. The van der Waals surface area contributed by atoms with Crippen LogP contribution < -0.4 is 10.6 Å². The number of anilines is 2. The number of nitrogens with one attached hydrogen (secondary N) is 3. The van der Waals surface area contributed by atoms with Gasteiger partial charge in [-0.25, -0.2) is 0 Å². The summed E-state index contributed by atoms with van der Waals surface area (Å²) in [5.41, 5.74) is 1.89. The Bertz CT molecular complexity index is 721. The summed E-state index contributed by atoms with van der Waals surface area (Å²) in [6, 6.07) is 8.15. The zero-order valence-electron chi connectivity index (χ0n) is 10.8. The SMILES string of the molecule is CNc1nc(NCc2ccc(Br)cc2)c2cn[nH]c2n1. The van der Waals surface area contributed by atoms with Crippen molar-refractivity contribution in [2.75, 3.05) is 17.7 Å². The zero-order chi connectivity index (χ0) is 13.9. The van der Waals surface area contributed by atoms with Crippen LogP contribution in [-0.2, 0) is 6.54 Å². The Labute approximate surface area is 124 Å². The normalized spacial score (nSPS) is 10.7. The lowest BCUT2D eigenvalue weighted by molar-refractivity contribution is 1.08. The molecule has 0 bridgehead atoms. The molecule has 0 saturated carbocycles. The highest BCUT2D eigenvalue weighted by Crippen LogP contribution is 2.20. The van der Waals surface area contributed by atoms with Gasteiger partial charge in [-0.3, -0.25) is 5.10 Å². The maximum atomic E-state index is 4.42. The van der Waals surface area contributed by atoms with Crippen LogP contribution in [0.3, 0.4) is 0 Å². The number of H-pyrrole nitrogens is 1. The maximum Gasteiger partial charge on any atom is 0.226 e. The Morgan fingerprint density at radius 1 is 1.20 bits per heavy atom. The van der Waals surface area contributed by atoms with Gasteiger partial charge in [0.1, 0.15) is 5.82 Å². The molecule has 20 heavy (non-hydrogen) atoms. The molecular weight excluding hydrogens is 320 g/mol. The van der Waals surface area contributed by atoms with Crippen molar-refractivity contribution in [1.29, 1.82) is 0 Å². The van der Waals surface area contributed by atoms with Crippen LogP contribution in [0.15, 0.2) is 34.9 Å². The second-order valence-electron chi connectivity index (χ2n) is 4.26. The number of hydrogen-bond donors (Lipinski definition) is 3. The van der Waals surface area contributed by atoms with Gasteiger partial charge < -0.3 is 10.6 Å². The highest BCUT2D eigenvalue weighted by atomic mass is 79.9. The van der Waals surface area contributed by atoms with E-state index in [0.717, 1.165) is 15.7 Å². The summed E-state index contributed by atoms with van der Waals surface area (Å²) in [6.07, 6.45) is 1.72. The number of halogens is 1. The van der Waals surface area contributed by atoms with E-state index < -0.39 is 0 Å². The summed E-state index contributed by atoms with van der Waals surface area (Å²) < 4.78 is 1.07. The predicted molar refractivity (Wildman–Crippen MR) is 82.7 cm³/mol. The molecular formula is C13H13BrN6. The molecule has 3 aromatic rings. The minimum absolute atomic E-state index is 0.556. The molecule has 3 N–H and O–H groups in total. The van der Waals surface area contributed by atoms with Crippen molar-refractivity contribution >= 4 is 38.7 Å². The van der Waals surface area contributed by atoms with Crippen LogP contribution in [0.2, 0.25) is 0 Å². The molecule has 2 aromatic heterocycles. The van der Waals surface area contributed by atoms with E-state index in [2.05, 4.69) is 58.9 Å². The molecule has 102 valence electrons. The highest BCUT2D eigenvalue weighted by Gasteiger charge is 2.08. The lowest BCUT2D eigenvalue weighted by Crippen LogP contribution is -2.05. The quantitative estimate of drug-likeness (QED) is 0.684. The first kappa shape index (κ1) is 12.9. The Morgan fingerprint density at radius 3 is 2.75 bits per heavy atom. The fourth-order valence-electron chi connectivity index (χ4n) is 1.87. The standard InChI is InChI=1S/C13H13BrN6/c1-15-13-18-11(10-7-17-20-12(10)19-13)16-6-8-2-4-9(14)5-3-8/h2-5,7H,6H2,1H3,(H3,15,16,17,18,19,20). The van der Waals surface area contributed by atoms with E-state index >= 15 is 0 Å². The van der Waals surface area contributed by atoms with E-state index in [0.29, 0.717) is 18.1 Å². The van der Waals surface area contributed by atoms with Crippen molar-refractivity contribution in [3.63, 3.8) is 0 Å². The minimum Gasteiger partial charge on any atom is -0.365 e. The van der Waals surface area contributed by atoms with Gasteiger partial charge >= 0.3 is 0 Å². The fraction of sp³-hybridized carbons (Fsp3) is 0.154. The van der Waals surface area contributed by atoms with Crippen LogP contribution in [-0.4, -0.2) is 27.2 Å². The third-order valence-corrected chi connectivity index (χ3v) is 3.44. The van der Waals surface area contributed by atoms with Crippen LogP contribution in [0, 0.1) is 0 Å². The topological polar surface area (TPSA) is 78.5 Å². The van der Waals surface area contributed by atoms with E-state index in [-0.39, 0.29) is 0 Å². The van der Waals surface area contributed by atoms with E-state index in [1.165, 1.54) is 5.56 Å². The van der Waals surface area contributed by atoms with E-state index in [9.17, 15) is 0 Å². The lowest BCUT2D eigenvalue weighted by Gasteiger charge is -2.08. The molecule has 0 amide bonds. The Morgan fingerprint density at radius 2 is 2.00 bits per heavy atom. The molecule has 0 aliphatic rings. The molecule has 1 aromatic carbocycles. The summed E-state index contributed by atoms with van der Waals surface area (Å²) in [6.45, 7) is 0.688. The molecule has 6 nitrogen and oxygen atoms in total. The first-order valence-electron chi connectivity index (χ1n) is 6.13. The Balaban J connectivity index is 1.86. The molecule has 0 spiro atoms. The molecule has 7 heteroatoms. The Hall–Kier alpha value is -2.15. The summed E-state index contributed by atoms with van der Waals surface area (Å²) in [5.74, 6) is 1.32. The maximum absolute atomic E-state index is 4.42. The highest BCUT2D eigenvalue weighted by molar-refractivity contribution is 9.10. The van der Waals surface area contributed by atoms with Crippen LogP contribution in [0.5, 0.6) is 0 Å². The van der Waals surface area contributed by atoms with Gasteiger partial charge in [-0.05, 0) is 17.7 Å². The van der Waals surface area contributed by atoms with Gasteiger partial charge in [0.2, 0.25) is 5.95 Å². The van der Waals surface area contributed by atoms with Gasteiger partial charge in [-0.15, -0.1) is 0 Å². The number of aromatic nitrogens is 4. The molecule has 0 atom stereocenters. The molecule has 2 heterocycles. The van der Waals surface area contributed by atoms with Gasteiger partial charge in [0, 0.05) is 18.1 Å². The van der Waals surface area contributed by atoms with Crippen molar-refractivity contribution < 1.29 is 0 Å². The molecule has 0 radical (unpaired) electrons. The van der Waals surface area contributed by atoms with Crippen LogP contribution in [0.1, 0.15) is 5.56 Å². The molecule has 0 aliphatic carbocycles. The number of aromatic amines is 1. The second-order valence-corrected chi connectivity index (χ2v) is 5.17. The van der Waals surface area contributed by atoms with Gasteiger partial charge in [0.15, 0.2) is 5.65 Å². The number of hydrogen-bond acceptors (Lipinski definition) is 5. The van der Waals surface area contributed by atoms with Gasteiger partial charge in [-0.2, -0.15) is 15.1 Å². The average Bonchev–Trinajstić information content (AvgIpc) is 2.94. The van der Waals surface area contributed by atoms with Crippen molar-refractivity contribution in [3.05, 3.63) is 40.5 Å². The van der Waals surface area contributed by atoms with Crippen LogP contribution in [0.4, 0.5) is 11.8 Å². The number of rotatable bonds is 4. The third-order valence-electron chi connectivity index (χ3n) is 2.91. The van der Waals surface area contributed by atoms with Gasteiger partial charge in [-0.1, -0.05) is 28.1 Å². The lowest BCUT2D eigenvalue weighted by atomic mass is 10.2. The average molecular weight is 333 g/mol. The van der Waals surface area contributed by atoms with E-state index in [4.69, 9.17) is 0 Å². The summed E-state index contributed by atoms with van der Waals surface area (Å²) in [5, 5.41) is 14.0. The first-order chi connectivity index (χ1) is 9.76. The van der Waals surface area contributed by atoms with Crippen LogP contribution >= 0.6 is 15.9 Å². The molecule has 0 aliphatic heterocycles. The second kappa shape index (κ2) is 5.46. The summed E-state index contributed by atoms with van der Waals surface area (Å²) in [7, 11) is 1.79. The van der Waals surface area contributed by atoms with Crippen molar-refractivity contribution in [3.8, 4) is 0 Å². The number of fused-ring (bicyclic) bond motifs is 1. The molecule has 0 unspecified atom stereocenters. The van der Waals surface area contributed by atoms with Crippen molar-refractivity contribution in [2.45, 2.75) is 6.54 Å². The van der Waals surface area contributed by atoms with Crippen molar-refractivity contribution in [2.24, 2.45) is 0 Å². The fourth-order valence-corrected chi connectivity index (χ4v) is 2.13. The third kappa shape index (κ3) is 2.57. The number of nitrogens with zero attached hydrogens (tertiary/aromatic N) is 3. The number of benzene rings is 1. The van der Waals surface area contributed by atoms with E-state index in [1.807, 2.05) is 12.1 Å². The van der Waals surface area contributed by atoms with Crippen molar-refractivity contribution in [1.82, 2.24) is 20.2 Å². The monoisotopic (exact) mass is 332 g/mol. The van der Waals surface area contributed by atoms with Gasteiger partial charge in [0.25, 0.3) is 0 Å². The van der Waals surface area contributed by atoms with E-state index in [1.54, 1.807) is 13.2 Å². The van der Waals surface area contributed by atoms with Gasteiger partial charge in [0.05, 0.1) is 11.6 Å². The largest absolute Gasteiger partial charge is 0.365 e. The minimum atomic E-state index is 0.556. The smallest absolute Gasteiger partial charge is 0.226 e. The Kier molecular flexibility index (Phi) is 3.51.